The van der Waals surface area contributed by atoms with Gasteiger partial charge in [0.05, 0.1) is 28.5 Å². The third kappa shape index (κ3) is 4.21. The van der Waals surface area contributed by atoms with Crippen LogP contribution >= 0.6 is 0 Å². The number of carboxylic acids is 1. The molecule has 0 bridgehead atoms. The number of benzene rings is 2. The van der Waals surface area contributed by atoms with Crippen LogP contribution in [0, 0.1) is 11.6 Å². The average molecular weight is 372 g/mol. The lowest BCUT2D eigenvalue weighted by Crippen LogP contribution is -2.22. The number of carbonyl (C=O) groups excluding carboxylic acids is 1. The molecular weight excluding hydrogens is 363 g/mol. The molecule has 5 nitrogen and oxygen atoms in total. The Labute approximate surface area is 142 Å². The highest BCUT2D eigenvalue weighted by Gasteiger charge is 2.34. The van der Waals surface area contributed by atoms with Gasteiger partial charge in [0.25, 0.3) is 5.91 Å². The maximum absolute atomic E-state index is 13.7. The summed E-state index contributed by atoms with van der Waals surface area (Å²) in [4.78, 5) is 22.5. The summed E-state index contributed by atoms with van der Waals surface area (Å²) in [5.74, 6) is -5.33. The molecule has 2 aromatic carbocycles. The summed E-state index contributed by atoms with van der Waals surface area (Å²) < 4.78 is 65.9. The summed E-state index contributed by atoms with van der Waals surface area (Å²) in [6.07, 6.45) is -4.26. The van der Waals surface area contributed by atoms with Gasteiger partial charge < -0.3 is 5.11 Å². The van der Waals surface area contributed by atoms with Gasteiger partial charge in [0.15, 0.2) is 0 Å². The zero-order valence-corrected chi connectivity index (χ0v) is 12.6. The summed E-state index contributed by atoms with van der Waals surface area (Å²) in [7, 11) is 0. The van der Waals surface area contributed by atoms with E-state index in [0.29, 0.717) is 24.4 Å². The number of hydrogen-bond acceptors (Lipinski definition) is 3. The van der Waals surface area contributed by atoms with Crippen molar-refractivity contribution in [2.45, 2.75) is 6.18 Å². The van der Waals surface area contributed by atoms with E-state index in [1.165, 1.54) is 6.07 Å². The van der Waals surface area contributed by atoms with Crippen molar-refractivity contribution in [2.24, 2.45) is 5.10 Å². The number of hydrazone groups is 1. The second-order valence-corrected chi connectivity index (χ2v) is 4.90. The second kappa shape index (κ2) is 7.30. The molecule has 0 atom stereocenters. The average Bonchev–Trinajstić information content (AvgIpc) is 2.56. The lowest BCUT2D eigenvalue weighted by molar-refractivity contribution is -0.137. The Morgan fingerprint density at radius 1 is 1.08 bits per heavy atom. The Kier molecular flexibility index (Phi) is 5.34. The predicted molar refractivity (Wildman–Crippen MR) is 79.8 cm³/mol. The zero-order valence-electron chi connectivity index (χ0n) is 12.6. The third-order valence-corrected chi connectivity index (χ3v) is 3.16. The molecule has 0 saturated carbocycles. The molecule has 136 valence electrons. The van der Waals surface area contributed by atoms with E-state index in [2.05, 4.69) is 5.10 Å². The van der Waals surface area contributed by atoms with Crippen LogP contribution in [0.5, 0.6) is 0 Å². The van der Waals surface area contributed by atoms with Gasteiger partial charge in [0.2, 0.25) is 0 Å². The molecule has 0 spiro atoms. The highest BCUT2D eigenvalue weighted by molar-refractivity contribution is 5.96. The maximum Gasteiger partial charge on any atom is 0.417 e. The molecule has 0 radical (unpaired) electrons. The van der Waals surface area contributed by atoms with Crippen LogP contribution < -0.4 is 5.43 Å². The maximum atomic E-state index is 13.7. The topological polar surface area (TPSA) is 78.8 Å². The molecule has 2 aromatic rings. The number of nitrogens with zero attached hydrogens (tertiary/aromatic N) is 1. The first-order chi connectivity index (χ1) is 12.1. The fraction of sp³-hybridized carbons (Fsp3) is 0.0625. The molecule has 2 N–H and O–H groups in total. The fourth-order valence-corrected chi connectivity index (χ4v) is 1.98. The van der Waals surface area contributed by atoms with Gasteiger partial charge in [0.1, 0.15) is 11.6 Å². The molecule has 2 rings (SSSR count). The number of aromatic carboxylic acids is 1. The molecule has 0 aliphatic rings. The number of carboxylic acid groups (broad SMARTS) is 1. The molecule has 0 heterocycles. The molecule has 10 heteroatoms. The van der Waals surface area contributed by atoms with E-state index < -0.39 is 51.9 Å². The predicted octanol–water partition coefficient (Wildman–Crippen LogP) is 3.45. The summed E-state index contributed by atoms with van der Waals surface area (Å²) >= 11 is 0. The largest absolute Gasteiger partial charge is 0.478 e. The third-order valence-electron chi connectivity index (χ3n) is 3.16. The van der Waals surface area contributed by atoms with E-state index in [0.717, 1.165) is 12.1 Å². The quantitative estimate of drug-likeness (QED) is 0.490. The first-order valence-corrected chi connectivity index (χ1v) is 6.83. The van der Waals surface area contributed by atoms with Gasteiger partial charge in [0, 0.05) is 0 Å². The number of rotatable bonds is 4. The first-order valence-electron chi connectivity index (χ1n) is 6.83. The first kappa shape index (κ1) is 19.0. The Balaban J connectivity index is 2.22. The lowest BCUT2D eigenvalue weighted by atomic mass is 10.1. The van der Waals surface area contributed by atoms with Gasteiger partial charge in [-0.05, 0) is 24.3 Å². The van der Waals surface area contributed by atoms with Crippen LogP contribution in [0.15, 0.2) is 41.5 Å². The van der Waals surface area contributed by atoms with E-state index in [-0.39, 0.29) is 0 Å². The van der Waals surface area contributed by atoms with Gasteiger partial charge in [-0.2, -0.15) is 18.3 Å². The Morgan fingerprint density at radius 3 is 2.19 bits per heavy atom. The minimum absolute atomic E-state index is 0.518. The van der Waals surface area contributed by atoms with Crippen LogP contribution in [0.1, 0.15) is 31.8 Å². The van der Waals surface area contributed by atoms with Gasteiger partial charge in [-0.1, -0.05) is 12.1 Å². The van der Waals surface area contributed by atoms with Gasteiger partial charge in [-0.3, -0.25) is 4.79 Å². The lowest BCUT2D eigenvalue weighted by Gasteiger charge is -2.11. The van der Waals surface area contributed by atoms with Crippen molar-refractivity contribution in [3.63, 3.8) is 0 Å². The number of alkyl halides is 3. The highest BCUT2D eigenvalue weighted by Crippen LogP contribution is 2.31. The Bertz CT molecular complexity index is 871. The van der Waals surface area contributed by atoms with Crippen molar-refractivity contribution in [1.82, 2.24) is 5.43 Å². The highest BCUT2D eigenvalue weighted by atomic mass is 19.4. The van der Waals surface area contributed by atoms with E-state index >= 15 is 0 Å². The van der Waals surface area contributed by atoms with Crippen molar-refractivity contribution in [2.75, 3.05) is 0 Å². The standard InChI is InChI=1S/C16H9F5N2O3/c17-12-5-8(15(25)26)6-13(18)10(12)7-22-23-14(24)9-3-1-2-4-11(9)16(19,20)21/h1-7H,(H,23,24)(H,25,26)/b22-7+. The second-order valence-electron chi connectivity index (χ2n) is 4.90. The molecule has 0 saturated heterocycles. The SMILES string of the molecule is O=C(O)c1cc(F)c(/C=N/NC(=O)c2ccccc2C(F)(F)F)c(F)c1. The zero-order chi connectivity index (χ0) is 19.5. The fourth-order valence-electron chi connectivity index (χ4n) is 1.98. The van der Waals surface area contributed by atoms with E-state index in [1.54, 1.807) is 5.43 Å². The number of amides is 1. The molecule has 0 fully saturated rings. The van der Waals surface area contributed by atoms with E-state index in [9.17, 15) is 31.5 Å². The summed E-state index contributed by atoms with van der Waals surface area (Å²) in [6.45, 7) is 0. The van der Waals surface area contributed by atoms with Crippen molar-refractivity contribution in [3.05, 3.63) is 70.3 Å². The minimum Gasteiger partial charge on any atom is -0.478 e. The van der Waals surface area contributed by atoms with Crippen molar-refractivity contribution in [3.8, 4) is 0 Å². The number of carbonyl (C=O) groups is 2. The van der Waals surface area contributed by atoms with E-state index in [1.807, 2.05) is 0 Å². The van der Waals surface area contributed by atoms with Crippen LogP contribution in [0.25, 0.3) is 0 Å². The number of hydrogen-bond donors (Lipinski definition) is 2. The van der Waals surface area contributed by atoms with Crippen LogP contribution in [0.3, 0.4) is 0 Å². The van der Waals surface area contributed by atoms with Crippen LogP contribution in [0.4, 0.5) is 22.0 Å². The van der Waals surface area contributed by atoms with Crippen molar-refractivity contribution in [1.29, 1.82) is 0 Å². The molecule has 1 amide bonds. The van der Waals surface area contributed by atoms with Crippen molar-refractivity contribution < 1.29 is 36.6 Å². The molecule has 0 aliphatic heterocycles. The smallest absolute Gasteiger partial charge is 0.417 e. The Morgan fingerprint density at radius 2 is 1.65 bits per heavy atom. The monoisotopic (exact) mass is 372 g/mol. The molecule has 0 aromatic heterocycles. The molecule has 0 aliphatic carbocycles. The van der Waals surface area contributed by atoms with Crippen LogP contribution in [0.2, 0.25) is 0 Å². The summed E-state index contributed by atoms with van der Waals surface area (Å²) in [6, 6.07) is 4.98. The minimum atomic E-state index is -4.78. The van der Waals surface area contributed by atoms with Gasteiger partial charge >= 0.3 is 12.1 Å². The molecule has 26 heavy (non-hydrogen) atoms. The Hall–Kier alpha value is -3.30. The van der Waals surface area contributed by atoms with Gasteiger partial charge in [-0.25, -0.2) is 19.0 Å². The van der Waals surface area contributed by atoms with E-state index in [4.69, 9.17) is 5.11 Å². The molecular formula is C16H9F5N2O3. The number of halogens is 5. The van der Waals surface area contributed by atoms with Crippen molar-refractivity contribution >= 4 is 18.1 Å². The van der Waals surface area contributed by atoms with Crippen LogP contribution in [-0.2, 0) is 6.18 Å². The summed E-state index contributed by atoms with van der Waals surface area (Å²) in [5, 5.41) is 11.9. The van der Waals surface area contributed by atoms with Gasteiger partial charge in [-0.15, -0.1) is 0 Å². The summed E-state index contributed by atoms with van der Waals surface area (Å²) in [5.41, 5.74) is -1.59. The normalized spacial score (nSPS) is 11.6. The number of nitrogens with one attached hydrogen (secondary N) is 1. The van der Waals surface area contributed by atoms with Crippen LogP contribution in [-0.4, -0.2) is 23.2 Å². The molecule has 0 unspecified atom stereocenters.